The molecule has 1 aliphatic rings. The van der Waals surface area contributed by atoms with E-state index in [4.69, 9.17) is 0 Å². The highest BCUT2D eigenvalue weighted by molar-refractivity contribution is 9.10. The van der Waals surface area contributed by atoms with Crippen molar-refractivity contribution in [2.75, 3.05) is 6.54 Å². The molecule has 0 aliphatic carbocycles. The summed E-state index contributed by atoms with van der Waals surface area (Å²) in [5.74, 6) is 0. The average Bonchev–Trinajstić information content (AvgIpc) is 2.37. The number of carbonyl (C=O) groups is 1. The fourth-order valence-corrected chi connectivity index (χ4v) is 2.87. The average molecular weight is 367 g/mol. The molecular weight excluding hydrogens is 357 g/mol. The van der Waals surface area contributed by atoms with Gasteiger partial charge in [0.2, 0.25) is 0 Å². The van der Waals surface area contributed by atoms with Crippen LogP contribution in [0.25, 0.3) is 0 Å². The quantitative estimate of drug-likeness (QED) is 0.468. The molecule has 1 heterocycles. The van der Waals surface area contributed by atoms with Gasteiger partial charge in [-0.3, -0.25) is 15.0 Å². The second-order valence-corrected chi connectivity index (χ2v) is 5.53. The predicted molar refractivity (Wildman–Crippen MR) is 70.8 cm³/mol. The summed E-state index contributed by atoms with van der Waals surface area (Å²) in [7, 11) is 0. The number of halogens is 4. The van der Waals surface area contributed by atoms with Crippen LogP contribution >= 0.6 is 15.9 Å². The van der Waals surface area contributed by atoms with E-state index in [0.29, 0.717) is 16.5 Å². The molecule has 2 rings (SSSR count). The number of aldehydes is 1. The van der Waals surface area contributed by atoms with Crippen LogP contribution in [-0.2, 0) is 17.8 Å². The molecular formula is C12H10BrF3N2O3. The van der Waals surface area contributed by atoms with Gasteiger partial charge in [-0.2, -0.15) is 13.2 Å². The summed E-state index contributed by atoms with van der Waals surface area (Å²) >= 11 is 3.07. The minimum Gasteiger partial charge on any atom is -0.301 e. The fourth-order valence-electron chi connectivity index (χ4n) is 2.34. The number of nitrogens with zero attached hydrogens (tertiary/aromatic N) is 2. The molecule has 1 aromatic rings. The number of hydrogen-bond acceptors (Lipinski definition) is 4. The van der Waals surface area contributed by atoms with Crippen LogP contribution in [0.4, 0.5) is 18.9 Å². The zero-order valence-electron chi connectivity index (χ0n) is 10.6. The standard InChI is InChI=1S/C12H10BrF3N2O3/c13-9-3-7-1-2-17(11(6-19)12(14,15)16)5-8(7)4-10(9)18(20)21/h3-4,6,11H,1-2,5H2. The Morgan fingerprint density at radius 1 is 1.38 bits per heavy atom. The van der Waals surface area contributed by atoms with Gasteiger partial charge in [-0.05, 0) is 39.5 Å². The van der Waals surface area contributed by atoms with Gasteiger partial charge in [0.15, 0.2) is 6.04 Å². The van der Waals surface area contributed by atoms with E-state index in [-0.39, 0.29) is 25.1 Å². The zero-order chi connectivity index (χ0) is 15.8. The van der Waals surface area contributed by atoms with Crippen molar-refractivity contribution >= 4 is 27.9 Å². The first kappa shape index (κ1) is 15.9. The zero-order valence-corrected chi connectivity index (χ0v) is 12.1. The van der Waals surface area contributed by atoms with Crippen molar-refractivity contribution in [1.29, 1.82) is 0 Å². The summed E-state index contributed by atoms with van der Waals surface area (Å²) in [4.78, 5) is 22.0. The molecule has 1 unspecified atom stereocenters. The Kier molecular flexibility index (Phi) is 4.33. The summed E-state index contributed by atoms with van der Waals surface area (Å²) in [5.41, 5.74) is 0.980. The Morgan fingerprint density at radius 3 is 2.57 bits per heavy atom. The van der Waals surface area contributed by atoms with Crippen molar-refractivity contribution in [3.05, 3.63) is 37.8 Å². The third-order valence-electron chi connectivity index (χ3n) is 3.37. The Hall–Kier alpha value is -1.48. The maximum atomic E-state index is 12.8. The molecule has 9 heteroatoms. The Bertz CT molecular complexity index is 592. The van der Waals surface area contributed by atoms with Gasteiger partial charge in [0.05, 0.1) is 9.40 Å². The van der Waals surface area contributed by atoms with Crippen molar-refractivity contribution in [1.82, 2.24) is 4.90 Å². The molecule has 1 aromatic carbocycles. The smallest absolute Gasteiger partial charge is 0.301 e. The van der Waals surface area contributed by atoms with Crippen molar-refractivity contribution in [3.8, 4) is 0 Å². The molecule has 0 N–H and O–H groups in total. The molecule has 0 amide bonds. The van der Waals surface area contributed by atoms with Crippen molar-refractivity contribution < 1.29 is 22.9 Å². The molecule has 21 heavy (non-hydrogen) atoms. The summed E-state index contributed by atoms with van der Waals surface area (Å²) in [6.45, 7) is -0.0768. The Balaban J connectivity index is 2.33. The number of nitro benzene ring substituents is 1. The first-order valence-corrected chi connectivity index (χ1v) is 6.75. The number of fused-ring (bicyclic) bond motifs is 1. The topological polar surface area (TPSA) is 63.5 Å². The summed E-state index contributed by atoms with van der Waals surface area (Å²) in [6, 6.07) is 0.617. The van der Waals surface area contributed by atoms with Crippen LogP contribution in [-0.4, -0.2) is 34.9 Å². The lowest BCUT2D eigenvalue weighted by molar-refractivity contribution is -0.385. The maximum Gasteiger partial charge on any atom is 0.410 e. The normalized spacial score (nSPS) is 17.1. The third-order valence-corrected chi connectivity index (χ3v) is 4.00. The van der Waals surface area contributed by atoms with Crippen LogP contribution in [0.2, 0.25) is 0 Å². The van der Waals surface area contributed by atoms with Gasteiger partial charge in [0.1, 0.15) is 6.29 Å². The molecule has 1 aliphatic heterocycles. The molecule has 0 aromatic heterocycles. The van der Waals surface area contributed by atoms with Gasteiger partial charge in [0, 0.05) is 19.2 Å². The van der Waals surface area contributed by atoms with Crippen molar-refractivity contribution in [3.63, 3.8) is 0 Å². The molecule has 1 atom stereocenters. The van der Waals surface area contributed by atoms with Gasteiger partial charge in [-0.15, -0.1) is 0 Å². The minimum atomic E-state index is -4.65. The largest absolute Gasteiger partial charge is 0.410 e. The highest BCUT2D eigenvalue weighted by atomic mass is 79.9. The SMILES string of the molecule is O=CC(N1CCc2cc(Br)c([N+](=O)[O-])cc2C1)C(F)(F)F. The lowest BCUT2D eigenvalue weighted by atomic mass is 9.98. The first-order valence-electron chi connectivity index (χ1n) is 5.95. The van der Waals surface area contributed by atoms with Crippen molar-refractivity contribution in [2.24, 2.45) is 0 Å². The molecule has 0 bridgehead atoms. The number of nitro groups is 1. The van der Waals surface area contributed by atoms with E-state index in [1.807, 2.05) is 0 Å². The maximum absolute atomic E-state index is 12.8. The number of carbonyl (C=O) groups excluding carboxylic acids is 1. The number of rotatable bonds is 3. The van der Waals surface area contributed by atoms with Crippen LogP contribution < -0.4 is 0 Å². The molecule has 0 spiro atoms. The van der Waals surface area contributed by atoms with E-state index in [1.165, 1.54) is 6.07 Å². The van der Waals surface area contributed by atoms with Crippen LogP contribution in [0.5, 0.6) is 0 Å². The minimum absolute atomic E-state index is 0.0696. The summed E-state index contributed by atoms with van der Waals surface area (Å²) in [6.07, 6.45) is -4.49. The lowest BCUT2D eigenvalue weighted by Crippen LogP contribution is -2.48. The summed E-state index contributed by atoms with van der Waals surface area (Å²) in [5, 5.41) is 10.9. The van der Waals surface area contributed by atoms with Gasteiger partial charge < -0.3 is 4.79 Å². The molecule has 0 fully saturated rings. The fraction of sp³-hybridized carbons (Fsp3) is 0.417. The molecule has 114 valence electrons. The predicted octanol–water partition coefficient (Wildman–Crippen LogP) is 2.85. The highest BCUT2D eigenvalue weighted by Crippen LogP contribution is 2.33. The van der Waals surface area contributed by atoms with Gasteiger partial charge >= 0.3 is 6.18 Å². The lowest BCUT2D eigenvalue weighted by Gasteiger charge is -2.33. The number of hydrogen-bond donors (Lipinski definition) is 0. The van der Waals surface area contributed by atoms with Crippen LogP contribution in [0.15, 0.2) is 16.6 Å². The van der Waals surface area contributed by atoms with Gasteiger partial charge in [0.25, 0.3) is 5.69 Å². The van der Waals surface area contributed by atoms with E-state index < -0.39 is 17.1 Å². The second kappa shape index (κ2) is 5.72. The molecule has 0 saturated carbocycles. The Morgan fingerprint density at radius 2 is 2.05 bits per heavy atom. The van der Waals surface area contributed by atoms with E-state index in [1.54, 1.807) is 6.07 Å². The third kappa shape index (κ3) is 3.24. The molecule has 0 saturated heterocycles. The molecule has 0 radical (unpaired) electrons. The van der Waals surface area contributed by atoms with E-state index in [9.17, 15) is 28.1 Å². The first-order chi connectivity index (χ1) is 9.74. The number of benzene rings is 1. The molecule has 5 nitrogen and oxygen atoms in total. The second-order valence-electron chi connectivity index (χ2n) is 4.67. The van der Waals surface area contributed by atoms with E-state index >= 15 is 0 Å². The van der Waals surface area contributed by atoms with Crippen molar-refractivity contribution in [2.45, 2.75) is 25.2 Å². The van der Waals surface area contributed by atoms with Crippen LogP contribution in [0.1, 0.15) is 11.1 Å². The monoisotopic (exact) mass is 366 g/mol. The van der Waals surface area contributed by atoms with Crippen LogP contribution in [0, 0.1) is 10.1 Å². The van der Waals surface area contributed by atoms with Crippen LogP contribution in [0.3, 0.4) is 0 Å². The van der Waals surface area contributed by atoms with Gasteiger partial charge in [-0.25, -0.2) is 0 Å². The summed E-state index contributed by atoms with van der Waals surface area (Å²) < 4.78 is 38.6. The Labute approximate surface area is 126 Å². The van der Waals surface area contributed by atoms with E-state index in [0.717, 1.165) is 10.5 Å². The van der Waals surface area contributed by atoms with Gasteiger partial charge in [-0.1, -0.05) is 0 Å². The number of alkyl halides is 3. The highest BCUT2D eigenvalue weighted by Gasteiger charge is 2.44. The van der Waals surface area contributed by atoms with E-state index in [2.05, 4.69) is 15.9 Å².